The van der Waals surface area contributed by atoms with Gasteiger partial charge in [-0.2, -0.15) is 0 Å². The van der Waals surface area contributed by atoms with Gasteiger partial charge in [0.15, 0.2) is 0 Å². The van der Waals surface area contributed by atoms with Crippen molar-refractivity contribution in [1.29, 1.82) is 0 Å². The number of nitrogens with zero attached hydrogens (tertiary/aromatic N) is 1. The van der Waals surface area contributed by atoms with E-state index in [0.29, 0.717) is 6.54 Å². The molecular weight excluding hydrogens is 224 g/mol. The summed E-state index contributed by atoms with van der Waals surface area (Å²) >= 11 is 0. The second-order valence-electron chi connectivity index (χ2n) is 4.60. The summed E-state index contributed by atoms with van der Waals surface area (Å²) in [7, 11) is 1.75. The van der Waals surface area contributed by atoms with E-state index in [9.17, 15) is 0 Å². The van der Waals surface area contributed by atoms with Crippen LogP contribution in [0.25, 0.3) is 10.9 Å². The quantitative estimate of drug-likeness (QED) is 0.763. The molecule has 2 rings (SSSR count). The van der Waals surface area contributed by atoms with E-state index in [-0.39, 0.29) is 0 Å². The maximum atomic E-state index is 5.67. The molecule has 0 saturated carbocycles. The summed E-state index contributed by atoms with van der Waals surface area (Å²) in [5.74, 6) is 0. The number of ether oxygens (including phenoxy) is 1. The van der Waals surface area contributed by atoms with Crippen LogP contribution in [0.5, 0.6) is 0 Å². The molecule has 18 heavy (non-hydrogen) atoms. The maximum absolute atomic E-state index is 5.67. The molecule has 3 heteroatoms. The lowest BCUT2D eigenvalue weighted by Gasteiger charge is -2.04. The summed E-state index contributed by atoms with van der Waals surface area (Å²) < 4.78 is 7.43. The van der Waals surface area contributed by atoms with Crippen molar-refractivity contribution in [3.05, 3.63) is 36.0 Å². The molecule has 2 N–H and O–H groups in total. The van der Waals surface area contributed by atoms with Gasteiger partial charge in [0.2, 0.25) is 0 Å². The Hall–Kier alpha value is -1.32. The summed E-state index contributed by atoms with van der Waals surface area (Å²) in [5.41, 5.74) is 8.35. The molecule has 1 aromatic heterocycles. The molecule has 1 heterocycles. The van der Waals surface area contributed by atoms with Crippen LogP contribution in [0.15, 0.2) is 30.5 Å². The summed E-state index contributed by atoms with van der Waals surface area (Å²) in [6.07, 6.45) is 5.46. The van der Waals surface area contributed by atoms with Crippen LogP contribution in [-0.4, -0.2) is 24.8 Å². The molecule has 0 bridgehead atoms. The van der Waals surface area contributed by atoms with Gasteiger partial charge in [-0.25, -0.2) is 0 Å². The molecular formula is C15H22N2O. The average Bonchev–Trinajstić information content (AvgIpc) is 2.74. The lowest BCUT2D eigenvalue weighted by atomic mass is 10.1. The molecule has 0 radical (unpaired) electrons. The number of fused-ring (bicyclic) bond motifs is 1. The molecule has 0 saturated heterocycles. The smallest absolute Gasteiger partial charge is 0.0483 e. The van der Waals surface area contributed by atoms with Crippen molar-refractivity contribution in [2.75, 3.05) is 20.3 Å². The van der Waals surface area contributed by atoms with Crippen molar-refractivity contribution in [3.63, 3.8) is 0 Å². The first-order valence-electron chi connectivity index (χ1n) is 6.62. The highest BCUT2D eigenvalue weighted by molar-refractivity contribution is 5.84. The summed E-state index contributed by atoms with van der Waals surface area (Å²) in [6, 6.07) is 8.56. The van der Waals surface area contributed by atoms with Gasteiger partial charge in [0.25, 0.3) is 0 Å². The largest absolute Gasteiger partial charge is 0.385 e. The Morgan fingerprint density at radius 1 is 1.22 bits per heavy atom. The first-order valence-corrected chi connectivity index (χ1v) is 6.62. The third-order valence-electron chi connectivity index (χ3n) is 3.28. The van der Waals surface area contributed by atoms with Gasteiger partial charge in [0, 0.05) is 37.4 Å². The number of hydrogen-bond donors (Lipinski definition) is 1. The SMILES string of the molecule is COCCCCn1cc(CCN)c2ccccc21. The fourth-order valence-electron chi connectivity index (χ4n) is 2.39. The fourth-order valence-corrected chi connectivity index (χ4v) is 2.39. The summed E-state index contributed by atoms with van der Waals surface area (Å²) in [5, 5.41) is 1.34. The van der Waals surface area contributed by atoms with Crippen LogP contribution < -0.4 is 5.73 Å². The number of hydrogen-bond acceptors (Lipinski definition) is 2. The monoisotopic (exact) mass is 246 g/mol. The highest BCUT2D eigenvalue weighted by Gasteiger charge is 2.06. The van der Waals surface area contributed by atoms with E-state index in [4.69, 9.17) is 10.5 Å². The Kier molecular flexibility index (Phi) is 4.79. The van der Waals surface area contributed by atoms with Gasteiger partial charge >= 0.3 is 0 Å². The Balaban J connectivity index is 2.16. The molecule has 0 aliphatic heterocycles. The number of rotatable bonds is 7. The van der Waals surface area contributed by atoms with Crippen LogP contribution in [0.4, 0.5) is 0 Å². The van der Waals surface area contributed by atoms with Gasteiger partial charge in [-0.15, -0.1) is 0 Å². The molecule has 0 atom stereocenters. The summed E-state index contributed by atoms with van der Waals surface area (Å²) in [4.78, 5) is 0. The van der Waals surface area contributed by atoms with E-state index in [1.807, 2.05) is 0 Å². The number of nitrogens with two attached hydrogens (primary N) is 1. The third kappa shape index (κ3) is 2.92. The Bertz CT molecular complexity index is 490. The van der Waals surface area contributed by atoms with Crippen molar-refractivity contribution in [1.82, 2.24) is 4.57 Å². The Labute approximate surface area is 109 Å². The molecule has 0 fully saturated rings. The van der Waals surface area contributed by atoms with Gasteiger partial charge < -0.3 is 15.0 Å². The van der Waals surface area contributed by atoms with Crippen molar-refractivity contribution < 1.29 is 4.74 Å². The number of benzene rings is 1. The standard InChI is InChI=1S/C15H22N2O/c1-18-11-5-4-10-17-12-13(8-9-16)14-6-2-3-7-15(14)17/h2-3,6-7,12H,4-5,8-11,16H2,1H3. The molecule has 0 aliphatic carbocycles. The second-order valence-corrected chi connectivity index (χ2v) is 4.60. The molecule has 3 nitrogen and oxygen atoms in total. The lowest BCUT2D eigenvalue weighted by Crippen LogP contribution is -2.02. The zero-order chi connectivity index (χ0) is 12.8. The zero-order valence-corrected chi connectivity index (χ0v) is 11.1. The van der Waals surface area contributed by atoms with E-state index in [0.717, 1.165) is 32.4 Å². The highest BCUT2D eigenvalue weighted by atomic mass is 16.5. The molecule has 0 spiro atoms. The average molecular weight is 246 g/mol. The molecule has 0 unspecified atom stereocenters. The van der Waals surface area contributed by atoms with E-state index in [1.54, 1.807) is 7.11 Å². The number of aryl methyl sites for hydroxylation is 1. The van der Waals surface area contributed by atoms with E-state index < -0.39 is 0 Å². The number of para-hydroxylation sites is 1. The van der Waals surface area contributed by atoms with Gasteiger partial charge in [0.1, 0.15) is 0 Å². The van der Waals surface area contributed by atoms with Crippen LogP contribution in [0, 0.1) is 0 Å². The predicted octanol–water partition coefficient (Wildman–Crippen LogP) is 2.57. The van der Waals surface area contributed by atoms with Crippen LogP contribution >= 0.6 is 0 Å². The minimum absolute atomic E-state index is 0.706. The maximum Gasteiger partial charge on any atom is 0.0483 e. The van der Waals surface area contributed by atoms with Crippen LogP contribution in [-0.2, 0) is 17.7 Å². The lowest BCUT2D eigenvalue weighted by molar-refractivity contribution is 0.191. The van der Waals surface area contributed by atoms with Gasteiger partial charge in [-0.1, -0.05) is 18.2 Å². The Morgan fingerprint density at radius 2 is 2.06 bits per heavy atom. The topological polar surface area (TPSA) is 40.2 Å². The third-order valence-corrected chi connectivity index (χ3v) is 3.28. The van der Waals surface area contributed by atoms with Gasteiger partial charge in [0.05, 0.1) is 0 Å². The van der Waals surface area contributed by atoms with Crippen molar-refractivity contribution in [2.45, 2.75) is 25.8 Å². The number of unbranched alkanes of at least 4 members (excludes halogenated alkanes) is 1. The first-order chi connectivity index (χ1) is 8.86. The van der Waals surface area contributed by atoms with Gasteiger partial charge in [-0.3, -0.25) is 0 Å². The van der Waals surface area contributed by atoms with Gasteiger partial charge in [-0.05, 0) is 37.4 Å². The van der Waals surface area contributed by atoms with Crippen LogP contribution in [0.1, 0.15) is 18.4 Å². The summed E-state index contributed by atoms with van der Waals surface area (Å²) in [6.45, 7) is 2.60. The van der Waals surface area contributed by atoms with E-state index in [2.05, 4.69) is 35.0 Å². The minimum atomic E-state index is 0.706. The number of aromatic nitrogens is 1. The minimum Gasteiger partial charge on any atom is -0.385 e. The molecule has 0 amide bonds. The van der Waals surface area contributed by atoms with Crippen molar-refractivity contribution in [3.8, 4) is 0 Å². The second kappa shape index (κ2) is 6.57. The van der Waals surface area contributed by atoms with E-state index in [1.165, 1.54) is 16.5 Å². The molecule has 1 aromatic carbocycles. The normalized spacial score (nSPS) is 11.2. The Morgan fingerprint density at radius 3 is 2.83 bits per heavy atom. The van der Waals surface area contributed by atoms with Crippen LogP contribution in [0.2, 0.25) is 0 Å². The number of methoxy groups -OCH3 is 1. The van der Waals surface area contributed by atoms with E-state index >= 15 is 0 Å². The van der Waals surface area contributed by atoms with Crippen molar-refractivity contribution >= 4 is 10.9 Å². The van der Waals surface area contributed by atoms with Crippen molar-refractivity contribution in [2.24, 2.45) is 5.73 Å². The zero-order valence-electron chi connectivity index (χ0n) is 11.1. The highest BCUT2D eigenvalue weighted by Crippen LogP contribution is 2.22. The van der Waals surface area contributed by atoms with Crippen LogP contribution in [0.3, 0.4) is 0 Å². The molecule has 2 aromatic rings. The predicted molar refractivity (Wildman–Crippen MR) is 75.8 cm³/mol. The first kappa shape index (κ1) is 13.1. The fraction of sp³-hybridized carbons (Fsp3) is 0.467. The molecule has 98 valence electrons. The molecule has 0 aliphatic rings.